The van der Waals surface area contributed by atoms with E-state index in [0.717, 1.165) is 0 Å². The standard InChI is InChI=1S/C8H12O7/c1-15-3-2-8(6(11)12,7(13)14)4-5(9)10/h2-4H2,1H3,(H,9,10)(H,11,12)(H,13,14). The summed E-state index contributed by atoms with van der Waals surface area (Å²) in [5.74, 6) is -4.82. The van der Waals surface area contributed by atoms with Crippen LogP contribution in [0, 0.1) is 5.41 Å². The Kier molecular flexibility index (Phi) is 4.72. The molecule has 15 heavy (non-hydrogen) atoms. The molecule has 0 bridgehead atoms. The minimum Gasteiger partial charge on any atom is -0.481 e. The van der Waals surface area contributed by atoms with E-state index in [9.17, 15) is 14.4 Å². The van der Waals surface area contributed by atoms with Crippen molar-refractivity contribution in [2.24, 2.45) is 5.41 Å². The lowest BCUT2D eigenvalue weighted by atomic mass is 9.81. The van der Waals surface area contributed by atoms with Gasteiger partial charge in [-0.05, 0) is 6.42 Å². The van der Waals surface area contributed by atoms with Gasteiger partial charge >= 0.3 is 17.9 Å². The van der Waals surface area contributed by atoms with Gasteiger partial charge in [0.05, 0.1) is 6.42 Å². The average Bonchev–Trinajstić information content (AvgIpc) is 2.10. The molecule has 7 heteroatoms. The van der Waals surface area contributed by atoms with Crippen molar-refractivity contribution >= 4 is 17.9 Å². The summed E-state index contributed by atoms with van der Waals surface area (Å²) in [7, 11) is 1.27. The molecular weight excluding hydrogens is 208 g/mol. The minimum absolute atomic E-state index is 0.133. The first-order valence-corrected chi connectivity index (χ1v) is 4.04. The molecule has 0 aliphatic rings. The van der Waals surface area contributed by atoms with Gasteiger partial charge in [-0.15, -0.1) is 0 Å². The van der Waals surface area contributed by atoms with Crippen LogP contribution in [0.2, 0.25) is 0 Å². The Labute approximate surface area is 85.3 Å². The number of carboxylic acid groups (broad SMARTS) is 3. The quantitative estimate of drug-likeness (QED) is 0.501. The lowest BCUT2D eigenvalue weighted by Gasteiger charge is -2.22. The molecule has 3 N–H and O–H groups in total. The summed E-state index contributed by atoms with van der Waals surface area (Å²) >= 11 is 0. The Bertz CT molecular complexity index is 256. The number of carboxylic acids is 3. The molecule has 0 radical (unpaired) electrons. The number of methoxy groups -OCH3 is 1. The average molecular weight is 220 g/mol. The predicted octanol–water partition coefficient (Wildman–Crippen LogP) is -0.347. The highest BCUT2D eigenvalue weighted by atomic mass is 16.5. The Morgan fingerprint density at radius 1 is 1.13 bits per heavy atom. The third kappa shape index (κ3) is 3.21. The molecule has 0 spiro atoms. The molecule has 0 rings (SSSR count). The third-order valence-electron chi connectivity index (χ3n) is 2.00. The van der Waals surface area contributed by atoms with E-state index in [1.54, 1.807) is 0 Å². The van der Waals surface area contributed by atoms with Gasteiger partial charge in [0, 0.05) is 13.7 Å². The first-order valence-electron chi connectivity index (χ1n) is 4.04. The highest BCUT2D eigenvalue weighted by molar-refractivity contribution is 6.01. The zero-order valence-corrected chi connectivity index (χ0v) is 8.10. The molecule has 0 unspecified atom stereocenters. The summed E-state index contributed by atoms with van der Waals surface area (Å²) in [6.07, 6.45) is -1.36. The van der Waals surface area contributed by atoms with Crippen molar-refractivity contribution in [3.8, 4) is 0 Å². The lowest BCUT2D eigenvalue weighted by Crippen LogP contribution is -2.42. The van der Waals surface area contributed by atoms with Gasteiger partial charge in [0.15, 0.2) is 5.41 Å². The number of rotatable bonds is 7. The van der Waals surface area contributed by atoms with Crippen molar-refractivity contribution in [2.75, 3.05) is 13.7 Å². The van der Waals surface area contributed by atoms with Crippen LogP contribution >= 0.6 is 0 Å². The van der Waals surface area contributed by atoms with Gasteiger partial charge in [-0.1, -0.05) is 0 Å². The smallest absolute Gasteiger partial charge is 0.321 e. The van der Waals surface area contributed by atoms with E-state index < -0.39 is 29.7 Å². The molecule has 0 aromatic carbocycles. The van der Waals surface area contributed by atoms with Crippen LogP contribution in [0.5, 0.6) is 0 Å². The normalized spacial score (nSPS) is 11.0. The summed E-state index contributed by atoms with van der Waals surface area (Å²) in [4.78, 5) is 32.0. The van der Waals surface area contributed by atoms with Gasteiger partial charge < -0.3 is 20.1 Å². The summed E-state index contributed by atoms with van der Waals surface area (Å²) in [6, 6.07) is 0. The molecule has 0 atom stereocenters. The molecule has 0 aliphatic heterocycles. The van der Waals surface area contributed by atoms with Gasteiger partial charge in [-0.2, -0.15) is 0 Å². The number of hydrogen-bond donors (Lipinski definition) is 3. The fraction of sp³-hybridized carbons (Fsp3) is 0.625. The van der Waals surface area contributed by atoms with Crippen molar-refractivity contribution in [1.29, 1.82) is 0 Å². The molecule has 0 saturated heterocycles. The van der Waals surface area contributed by atoms with Crippen molar-refractivity contribution in [2.45, 2.75) is 12.8 Å². The van der Waals surface area contributed by atoms with Crippen LogP contribution in [-0.2, 0) is 19.1 Å². The van der Waals surface area contributed by atoms with E-state index in [2.05, 4.69) is 4.74 Å². The first kappa shape index (κ1) is 13.4. The van der Waals surface area contributed by atoms with Crippen molar-refractivity contribution in [3.63, 3.8) is 0 Å². The van der Waals surface area contributed by atoms with Gasteiger partial charge in [-0.3, -0.25) is 14.4 Å². The van der Waals surface area contributed by atoms with Crippen LogP contribution in [0.25, 0.3) is 0 Å². The second-order valence-corrected chi connectivity index (χ2v) is 3.01. The Hall–Kier alpha value is -1.63. The molecule has 0 aromatic rings. The Morgan fingerprint density at radius 2 is 1.60 bits per heavy atom. The third-order valence-corrected chi connectivity index (χ3v) is 2.00. The fourth-order valence-electron chi connectivity index (χ4n) is 1.08. The summed E-state index contributed by atoms with van der Waals surface area (Å²) < 4.78 is 4.56. The number of aliphatic carboxylic acids is 3. The van der Waals surface area contributed by atoms with E-state index in [-0.39, 0.29) is 13.0 Å². The van der Waals surface area contributed by atoms with E-state index in [1.165, 1.54) is 7.11 Å². The van der Waals surface area contributed by atoms with Crippen LogP contribution < -0.4 is 0 Å². The van der Waals surface area contributed by atoms with E-state index >= 15 is 0 Å². The van der Waals surface area contributed by atoms with Gasteiger partial charge in [0.1, 0.15) is 0 Å². The van der Waals surface area contributed by atoms with E-state index in [1.807, 2.05) is 0 Å². The zero-order chi connectivity index (χ0) is 12.1. The van der Waals surface area contributed by atoms with Crippen LogP contribution in [0.4, 0.5) is 0 Å². The van der Waals surface area contributed by atoms with E-state index in [0.29, 0.717) is 0 Å². The summed E-state index contributed by atoms with van der Waals surface area (Å²) in [6.45, 7) is -0.133. The molecule has 0 saturated carbocycles. The topological polar surface area (TPSA) is 121 Å². The van der Waals surface area contributed by atoms with Crippen molar-refractivity contribution in [3.05, 3.63) is 0 Å². The number of carbonyl (C=O) groups is 3. The second kappa shape index (κ2) is 5.30. The second-order valence-electron chi connectivity index (χ2n) is 3.01. The maximum Gasteiger partial charge on any atom is 0.321 e. The van der Waals surface area contributed by atoms with Crippen LogP contribution in [-0.4, -0.2) is 46.9 Å². The van der Waals surface area contributed by atoms with Gasteiger partial charge in [-0.25, -0.2) is 0 Å². The van der Waals surface area contributed by atoms with Crippen LogP contribution in [0.3, 0.4) is 0 Å². The van der Waals surface area contributed by atoms with Crippen molar-refractivity contribution in [1.82, 2.24) is 0 Å². The molecule has 0 aromatic heterocycles. The van der Waals surface area contributed by atoms with Gasteiger partial charge in [0.25, 0.3) is 0 Å². The predicted molar refractivity (Wildman–Crippen MR) is 46.5 cm³/mol. The first-order chi connectivity index (χ1) is 6.86. The number of ether oxygens (including phenoxy) is 1. The zero-order valence-electron chi connectivity index (χ0n) is 8.10. The highest BCUT2D eigenvalue weighted by Crippen LogP contribution is 2.27. The van der Waals surface area contributed by atoms with Gasteiger partial charge in [0.2, 0.25) is 0 Å². The molecule has 86 valence electrons. The molecule has 7 nitrogen and oxygen atoms in total. The maximum absolute atomic E-state index is 10.8. The maximum atomic E-state index is 10.8. The molecule has 0 amide bonds. The van der Waals surface area contributed by atoms with Crippen LogP contribution in [0.15, 0.2) is 0 Å². The minimum atomic E-state index is -2.32. The molecule has 0 fully saturated rings. The Morgan fingerprint density at radius 3 is 1.87 bits per heavy atom. The highest BCUT2D eigenvalue weighted by Gasteiger charge is 2.48. The largest absolute Gasteiger partial charge is 0.481 e. The summed E-state index contributed by atoms with van der Waals surface area (Å²) in [5.41, 5.74) is -2.32. The van der Waals surface area contributed by atoms with Crippen LogP contribution in [0.1, 0.15) is 12.8 Å². The molecule has 0 aliphatic carbocycles. The molecular formula is C8H12O7. The Balaban J connectivity index is 4.98. The summed E-state index contributed by atoms with van der Waals surface area (Å²) in [5, 5.41) is 26.0. The van der Waals surface area contributed by atoms with Crippen molar-refractivity contribution < 1.29 is 34.4 Å². The van der Waals surface area contributed by atoms with E-state index in [4.69, 9.17) is 15.3 Å². The fourth-order valence-corrected chi connectivity index (χ4v) is 1.08. The number of hydrogen-bond acceptors (Lipinski definition) is 4. The lowest BCUT2D eigenvalue weighted by molar-refractivity contribution is -0.171. The SMILES string of the molecule is COCCC(CC(=O)O)(C(=O)O)C(=O)O. The monoisotopic (exact) mass is 220 g/mol. The molecule has 0 heterocycles.